The van der Waals surface area contributed by atoms with E-state index in [4.69, 9.17) is 14.2 Å². The monoisotopic (exact) mass is 325 g/mol. The molecule has 0 saturated heterocycles. The van der Waals surface area contributed by atoms with Crippen LogP contribution in [0.15, 0.2) is 36.4 Å². The lowest BCUT2D eigenvalue weighted by atomic mass is 9.84. The van der Waals surface area contributed by atoms with Crippen molar-refractivity contribution >= 4 is 11.6 Å². The topological polar surface area (TPSA) is 56.8 Å². The molecule has 1 N–H and O–H groups in total. The van der Waals surface area contributed by atoms with Crippen molar-refractivity contribution in [3.8, 4) is 17.2 Å². The summed E-state index contributed by atoms with van der Waals surface area (Å²) in [5, 5.41) is 2.94. The molecule has 0 radical (unpaired) electrons. The first-order valence-electron chi connectivity index (χ1n) is 8.21. The number of benzene rings is 2. The van der Waals surface area contributed by atoms with Crippen molar-refractivity contribution in [3.63, 3.8) is 0 Å². The van der Waals surface area contributed by atoms with Crippen molar-refractivity contribution < 1.29 is 19.0 Å². The number of nitrogens with one attached hydrogen (secondary N) is 1. The van der Waals surface area contributed by atoms with Crippen molar-refractivity contribution in [2.24, 2.45) is 0 Å². The summed E-state index contributed by atoms with van der Waals surface area (Å²) in [4.78, 5) is 12.2. The molecule has 124 valence electrons. The Morgan fingerprint density at radius 2 is 1.96 bits per heavy atom. The van der Waals surface area contributed by atoms with E-state index in [-0.39, 0.29) is 18.6 Å². The number of carbonyl (C=O) groups is 1. The van der Waals surface area contributed by atoms with Gasteiger partial charge in [0.1, 0.15) is 5.75 Å². The molecule has 2 aliphatic rings. The van der Waals surface area contributed by atoms with Gasteiger partial charge in [-0.3, -0.25) is 4.79 Å². The Balaban J connectivity index is 1.79. The van der Waals surface area contributed by atoms with Gasteiger partial charge in [0.25, 0.3) is 0 Å². The molecular weight excluding hydrogens is 306 g/mol. The zero-order chi connectivity index (χ0) is 16.5. The summed E-state index contributed by atoms with van der Waals surface area (Å²) in [7, 11) is 0. The lowest BCUT2D eigenvalue weighted by molar-refractivity contribution is -0.116. The van der Waals surface area contributed by atoms with Gasteiger partial charge in [0, 0.05) is 29.7 Å². The maximum absolute atomic E-state index is 12.2. The first-order valence-corrected chi connectivity index (χ1v) is 8.21. The molecule has 5 nitrogen and oxygen atoms in total. The highest BCUT2D eigenvalue weighted by atomic mass is 16.7. The molecule has 4 rings (SSSR count). The Morgan fingerprint density at radius 1 is 1.17 bits per heavy atom. The minimum absolute atomic E-state index is 0.00309. The molecule has 0 saturated carbocycles. The van der Waals surface area contributed by atoms with E-state index in [0.717, 1.165) is 34.7 Å². The number of rotatable bonds is 4. The number of anilines is 1. The first kappa shape index (κ1) is 14.9. The minimum Gasteiger partial charge on any atom is -0.493 e. The summed E-state index contributed by atoms with van der Waals surface area (Å²) in [5.41, 5.74) is 2.85. The Hall–Kier alpha value is -2.69. The van der Waals surface area contributed by atoms with E-state index in [1.165, 1.54) is 0 Å². The van der Waals surface area contributed by atoms with Crippen LogP contribution in [0, 0.1) is 0 Å². The summed E-state index contributed by atoms with van der Waals surface area (Å²) in [5.74, 6) is 2.17. The highest BCUT2D eigenvalue weighted by Gasteiger charge is 2.31. The van der Waals surface area contributed by atoms with Gasteiger partial charge in [-0.15, -0.1) is 0 Å². The van der Waals surface area contributed by atoms with Gasteiger partial charge in [0.2, 0.25) is 12.7 Å². The SMILES string of the molecule is CCCOc1ccccc1[C@H]1CC(=O)Nc2cc3c(cc21)OCO3. The van der Waals surface area contributed by atoms with Gasteiger partial charge < -0.3 is 19.5 Å². The van der Waals surface area contributed by atoms with E-state index in [0.29, 0.717) is 18.8 Å². The molecule has 0 fully saturated rings. The fourth-order valence-electron chi connectivity index (χ4n) is 3.24. The van der Waals surface area contributed by atoms with E-state index in [2.05, 4.69) is 12.2 Å². The predicted octanol–water partition coefficient (Wildman–Crippen LogP) is 3.68. The lowest BCUT2D eigenvalue weighted by Gasteiger charge is -2.27. The molecule has 5 heteroatoms. The molecule has 1 amide bonds. The van der Waals surface area contributed by atoms with Crippen molar-refractivity contribution in [2.75, 3.05) is 18.7 Å². The highest BCUT2D eigenvalue weighted by Crippen LogP contribution is 2.46. The smallest absolute Gasteiger partial charge is 0.231 e. The quantitative estimate of drug-likeness (QED) is 0.932. The van der Waals surface area contributed by atoms with E-state index >= 15 is 0 Å². The third-order valence-corrected chi connectivity index (χ3v) is 4.34. The van der Waals surface area contributed by atoms with E-state index in [1.54, 1.807) is 0 Å². The largest absolute Gasteiger partial charge is 0.493 e. The molecular formula is C19H19NO4. The molecule has 2 heterocycles. The van der Waals surface area contributed by atoms with Crippen LogP contribution in [0.5, 0.6) is 17.2 Å². The van der Waals surface area contributed by atoms with Gasteiger partial charge >= 0.3 is 0 Å². The maximum Gasteiger partial charge on any atom is 0.231 e. The second kappa shape index (κ2) is 6.07. The molecule has 0 aliphatic carbocycles. The average molecular weight is 325 g/mol. The fourth-order valence-corrected chi connectivity index (χ4v) is 3.24. The number of ether oxygens (including phenoxy) is 3. The first-order chi connectivity index (χ1) is 11.8. The second-order valence-corrected chi connectivity index (χ2v) is 5.98. The van der Waals surface area contributed by atoms with Crippen LogP contribution in [-0.2, 0) is 4.79 Å². The maximum atomic E-state index is 12.2. The van der Waals surface area contributed by atoms with Crippen LogP contribution in [0.3, 0.4) is 0 Å². The summed E-state index contributed by atoms with van der Waals surface area (Å²) in [6.07, 6.45) is 1.33. The van der Waals surface area contributed by atoms with Crippen LogP contribution in [0.2, 0.25) is 0 Å². The third-order valence-electron chi connectivity index (χ3n) is 4.34. The summed E-state index contributed by atoms with van der Waals surface area (Å²) in [6, 6.07) is 11.7. The van der Waals surface area contributed by atoms with E-state index < -0.39 is 0 Å². The standard InChI is InChI=1S/C19H19NO4/c1-2-7-22-16-6-4-3-5-12(16)13-9-19(21)20-15-10-18-17(8-14(13)15)23-11-24-18/h3-6,8,10,13H,2,7,9,11H2,1H3,(H,20,21)/t13-/m1/s1. The number of amides is 1. The summed E-state index contributed by atoms with van der Waals surface area (Å²) < 4.78 is 16.8. The predicted molar refractivity (Wildman–Crippen MR) is 89.9 cm³/mol. The van der Waals surface area contributed by atoms with Crippen molar-refractivity contribution in [1.82, 2.24) is 0 Å². The molecule has 0 bridgehead atoms. The molecule has 0 spiro atoms. The molecule has 0 unspecified atom stereocenters. The zero-order valence-electron chi connectivity index (χ0n) is 13.5. The average Bonchev–Trinajstić information content (AvgIpc) is 3.05. The minimum atomic E-state index is -0.0590. The Labute approximate surface area is 140 Å². The lowest BCUT2D eigenvalue weighted by Crippen LogP contribution is -2.23. The van der Waals surface area contributed by atoms with Crippen LogP contribution in [0.4, 0.5) is 5.69 Å². The zero-order valence-corrected chi connectivity index (χ0v) is 13.5. The van der Waals surface area contributed by atoms with E-state index in [1.807, 2.05) is 36.4 Å². The number of hydrogen-bond donors (Lipinski definition) is 1. The molecule has 0 aromatic heterocycles. The molecule has 2 aromatic carbocycles. The van der Waals surface area contributed by atoms with Gasteiger partial charge in [-0.25, -0.2) is 0 Å². The molecule has 24 heavy (non-hydrogen) atoms. The van der Waals surface area contributed by atoms with Crippen LogP contribution >= 0.6 is 0 Å². The van der Waals surface area contributed by atoms with Crippen molar-refractivity contribution in [2.45, 2.75) is 25.7 Å². The van der Waals surface area contributed by atoms with Gasteiger partial charge in [-0.05, 0) is 24.1 Å². The third kappa shape index (κ3) is 2.56. The van der Waals surface area contributed by atoms with Gasteiger partial charge in [-0.1, -0.05) is 25.1 Å². The van der Waals surface area contributed by atoms with Gasteiger partial charge in [0.15, 0.2) is 11.5 Å². The molecule has 1 atom stereocenters. The van der Waals surface area contributed by atoms with E-state index in [9.17, 15) is 4.79 Å². The van der Waals surface area contributed by atoms with Gasteiger partial charge in [-0.2, -0.15) is 0 Å². The second-order valence-electron chi connectivity index (χ2n) is 5.98. The normalized spacial score (nSPS) is 18.0. The fraction of sp³-hybridized carbons (Fsp3) is 0.316. The van der Waals surface area contributed by atoms with Crippen LogP contribution in [0.25, 0.3) is 0 Å². The number of carbonyl (C=O) groups excluding carboxylic acids is 1. The van der Waals surface area contributed by atoms with Crippen molar-refractivity contribution in [3.05, 3.63) is 47.5 Å². The molecule has 2 aromatic rings. The van der Waals surface area contributed by atoms with Crippen LogP contribution < -0.4 is 19.5 Å². The Bertz CT molecular complexity index is 787. The Kier molecular flexibility index (Phi) is 3.76. The van der Waals surface area contributed by atoms with Crippen LogP contribution in [0.1, 0.15) is 36.8 Å². The summed E-state index contributed by atoms with van der Waals surface area (Å²) in [6.45, 7) is 2.95. The number of para-hydroxylation sites is 1. The molecule has 2 aliphatic heterocycles. The summed E-state index contributed by atoms with van der Waals surface area (Å²) >= 11 is 0. The Morgan fingerprint density at radius 3 is 2.79 bits per heavy atom. The van der Waals surface area contributed by atoms with Crippen LogP contribution in [-0.4, -0.2) is 19.3 Å². The van der Waals surface area contributed by atoms with Gasteiger partial charge in [0.05, 0.1) is 6.61 Å². The highest BCUT2D eigenvalue weighted by molar-refractivity contribution is 5.96. The number of fused-ring (bicyclic) bond motifs is 2. The van der Waals surface area contributed by atoms with Crippen molar-refractivity contribution in [1.29, 1.82) is 0 Å². The number of hydrogen-bond acceptors (Lipinski definition) is 4.